The molecule has 0 bridgehead atoms. The van der Waals surface area contributed by atoms with Gasteiger partial charge in [0, 0.05) is 6.20 Å². The highest BCUT2D eigenvalue weighted by molar-refractivity contribution is 6.33. The SMILES string of the molecule is Cc1nccc(-n2ncc(C(=O)Nc3cnc(-n4nccn4)c(Cl)c3)c2C(F)(F)F)c1Cl. The molecule has 164 valence electrons. The summed E-state index contributed by atoms with van der Waals surface area (Å²) in [4.78, 5) is 21.8. The van der Waals surface area contributed by atoms with Crippen LogP contribution in [0.3, 0.4) is 0 Å². The van der Waals surface area contributed by atoms with Crippen molar-refractivity contribution in [3.8, 4) is 11.5 Å². The van der Waals surface area contributed by atoms with Crippen LogP contribution in [0, 0.1) is 6.92 Å². The highest BCUT2D eigenvalue weighted by atomic mass is 35.5. The maximum Gasteiger partial charge on any atom is 0.434 e. The van der Waals surface area contributed by atoms with Gasteiger partial charge in [0.25, 0.3) is 5.91 Å². The Bertz CT molecular complexity index is 1300. The van der Waals surface area contributed by atoms with E-state index in [4.69, 9.17) is 23.2 Å². The largest absolute Gasteiger partial charge is 0.434 e. The fourth-order valence-corrected chi connectivity index (χ4v) is 3.27. The highest BCUT2D eigenvalue weighted by Crippen LogP contribution is 2.36. The van der Waals surface area contributed by atoms with E-state index in [2.05, 4.69) is 30.6 Å². The minimum atomic E-state index is -4.91. The van der Waals surface area contributed by atoms with Crippen LogP contribution in [0.15, 0.2) is 43.1 Å². The number of nitrogens with one attached hydrogen (secondary N) is 1. The monoisotopic (exact) mass is 482 g/mol. The van der Waals surface area contributed by atoms with E-state index < -0.39 is 23.3 Å². The van der Waals surface area contributed by atoms with Gasteiger partial charge in [-0.25, -0.2) is 9.67 Å². The molecule has 0 aliphatic rings. The number of hydrogen-bond donors (Lipinski definition) is 1. The maximum atomic E-state index is 13.9. The number of pyridine rings is 2. The van der Waals surface area contributed by atoms with Crippen LogP contribution in [-0.2, 0) is 6.18 Å². The van der Waals surface area contributed by atoms with E-state index in [9.17, 15) is 18.0 Å². The molecule has 14 heteroatoms. The molecule has 4 rings (SSSR count). The Morgan fingerprint density at radius 3 is 2.44 bits per heavy atom. The Hall–Kier alpha value is -3.51. The lowest BCUT2D eigenvalue weighted by molar-refractivity contribution is -0.143. The van der Waals surface area contributed by atoms with Gasteiger partial charge in [-0.2, -0.15) is 28.5 Å². The van der Waals surface area contributed by atoms with Crippen LogP contribution in [0.5, 0.6) is 0 Å². The molecule has 0 aliphatic heterocycles. The van der Waals surface area contributed by atoms with Crippen LogP contribution >= 0.6 is 23.2 Å². The number of aryl methyl sites for hydroxylation is 1. The zero-order chi connectivity index (χ0) is 23.0. The van der Waals surface area contributed by atoms with Crippen molar-refractivity contribution in [3.63, 3.8) is 0 Å². The number of halogens is 5. The molecule has 0 spiro atoms. The molecule has 0 aromatic carbocycles. The zero-order valence-electron chi connectivity index (χ0n) is 16.0. The first-order valence-electron chi connectivity index (χ1n) is 8.77. The second-order valence-corrected chi connectivity index (χ2v) is 7.13. The molecular weight excluding hydrogens is 472 g/mol. The second-order valence-electron chi connectivity index (χ2n) is 6.35. The molecular formula is C18H11Cl2F3N8O. The number of carbonyl (C=O) groups is 1. The summed E-state index contributed by atoms with van der Waals surface area (Å²) in [7, 11) is 0. The standard InChI is InChI=1S/C18H11Cl2F3N8O/c1-9-14(20)13(2-3-24-9)30-15(18(21,22)23)11(8-28-30)17(32)29-10-6-12(19)16(25-7-10)31-26-4-5-27-31/h2-8H,1H3,(H,29,32). The van der Waals surface area contributed by atoms with Crippen LogP contribution in [0.1, 0.15) is 21.7 Å². The van der Waals surface area contributed by atoms with Crippen LogP contribution in [0.4, 0.5) is 18.9 Å². The van der Waals surface area contributed by atoms with Gasteiger partial charge in [-0.15, -0.1) is 4.80 Å². The minimum Gasteiger partial charge on any atom is -0.320 e. The molecule has 1 amide bonds. The van der Waals surface area contributed by atoms with Gasteiger partial charge in [0.2, 0.25) is 0 Å². The minimum absolute atomic E-state index is 0.0214. The van der Waals surface area contributed by atoms with Crippen LogP contribution < -0.4 is 5.32 Å². The Labute approximate surface area is 187 Å². The number of aromatic nitrogens is 7. The van der Waals surface area contributed by atoms with Crippen molar-refractivity contribution in [1.82, 2.24) is 34.7 Å². The number of alkyl halides is 3. The number of hydrogen-bond acceptors (Lipinski definition) is 6. The van der Waals surface area contributed by atoms with Gasteiger partial charge in [0.1, 0.15) is 0 Å². The summed E-state index contributed by atoms with van der Waals surface area (Å²) in [6.45, 7) is 1.54. The molecule has 0 saturated carbocycles. The van der Waals surface area contributed by atoms with Crippen LogP contribution in [-0.4, -0.2) is 40.6 Å². The molecule has 0 saturated heterocycles. The average molecular weight is 483 g/mol. The van der Waals surface area contributed by atoms with Gasteiger partial charge < -0.3 is 5.32 Å². The quantitative estimate of drug-likeness (QED) is 0.469. The number of carbonyl (C=O) groups excluding carboxylic acids is 1. The van der Waals surface area contributed by atoms with E-state index in [0.29, 0.717) is 10.4 Å². The molecule has 0 atom stereocenters. The Morgan fingerprint density at radius 1 is 1.06 bits per heavy atom. The van der Waals surface area contributed by atoms with E-state index in [1.165, 1.54) is 43.8 Å². The molecule has 1 N–H and O–H groups in total. The average Bonchev–Trinajstić information content (AvgIpc) is 3.40. The smallest absolute Gasteiger partial charge is 0.320 e. The Morgan fingerprint density at radius 2 is 1.78 bits per heavy atom. The molecule has 0 unspecified atom stereocenters. The third kappa shape index (κ3) is 4.01. The first-order valence-corrected chi connectivity index (χ1v) is 9.52. The van der Waals surface area contributed by atoms with Crippen molar-refractivity contribution < 1.29 is 18.0 Å². The molecule has 0 aliphatic carbocycles. The van der Waals surface area contributed by atoms with Crippen LogP contribution in [0.25, 0.3) is 11.5 Å². The Balaban J connectivity index is 1.70. The third-order valence-corrected chi connectivity index (χ3v) is 4.99. The summed E-state index contributed by atoms with van der Waals surface area (Å²) in [5.74, 6) is -0.880. The molecule has 0 radical (unpaired) electrons. The van der Waals surface area contributed by atoms with Gasteiger partial charge >= 0.3 is 6.18 Å². The van der Waals surface area contributed by atoms with Crippen molar-refractivity contribution in [1.29, 1.82) is 0 Å². The highest BCUT2D eigenvalue weighted by Gasteiger charge is 2.41. The first-order chi connectivity index (χ1) is 15.2. The number of nitrogens with zero attached hydrogens (tertiary/aromatic N) is 7. The van der Waals surface area contributed by atoms with Gasteiger partial charge in [-0.1, -0.05) is 23.2 Å². The summed E-state index contributed by atoms with van der Waals surface area (Å²) in [6, 6.07) is 2.58. The molecule has 4 aromatic heterocycles. The predicted molar refractivity (Wildman–Crippen MR) is 108 cm³/mol. The van der Waals surface area contributed by atoms with Gasteiger partial charge in [0.05, 0.1) is 57.5 Å². The Kier molecular flexibility index (Phi) is 5.57. The molecule has 4 heterocycles. The van der Waals surface area contributed by atoms with Crippen LogP contribution in [0.2, 0.25) is 10.0 Å². The molecule has 0 fully saturated rings. The van der Waals surface area contributed by atoms with Crippen molar-refractivity contribution in [2.75, 3.05) is 5.32 Å². The zero-order valence-corrected chi connectivity index (χ0v) is 17.5. The van der Waals surface area contributed by atoms with Crippen molar-refractivity contribution in [2.24, 2.45) is 0 Å². The molecule has 9 nitrogen and oxygen atoms in total. The third-order valence-electron chi connectivity index (χ3n) is 4.24. The summed E-state index contributed by atoms with van der Waals surface area (Å²) in [5, 5.41) is 13.9. The molecule has 32 heavy (non-hydrogen) atoms. The van der Waals surface area contributed by atoms with Crippen molar-refractivity contribution >= 4 is 34.8 Å². The fraction of sp³-hybridized carbons (Fsp3) is 0.111. The normalized spacial score (nSPS) is 11.6. The summed E-state index contributed by atoms with van der Waals surface area (Å²) in [6.07, 6.45) is 1.24. The lowest BCUT2D eigenvalue weighted by Crippen LogP contribution is -2.21. The lowest BCUT2D eigenvalue weighted by atomic mass is 10.2. The van der Waals surface area contributed by atoms with Gasteiger partial charge in [-0.3, -0.25) is 9.78 Å². The summed E-state index contributed by atoms with van der Waals surface area (Å²) in [5.41, 5.74) is -1.69. The van der Waals surface area contributed by atoms with Crippen molar-refractivity contribution in [3.05, 3.63) is 70.1 Å². The van der Waals surface area contributed by atoms with E-state index in [1.807, 2.05) is 0 Å². The number of amides is 1. The number of anilines is 1. The van der Waals surface area contributed by atoms with E-state index in [1.54, 1.807) is 0 Å². The maximum absolute atomic E-state index is 13.9. The van der Waals surface area contributed by atoms with E-state index in [-0.39, 0.29) is 27.2 Å². The summed E-state index contributed by atoms with van der Waals surface area (Å²) < 4.78 is 42.2. The predicted octanol–water partition coefficient (Wildman–Crippen LogP) is 4.13. The van der Waals surface area contributed by atoms with E-state index >= 15 is 0 Å². The van der Waals surface area contributed by atoms with Gasteiger partial charge in [0.15, 0.2) is 11.5 Å². The first kappa shape index (κ1) is 21.7. The number of rotatable bonds is 4. The fourth-order valence-electron chi connectivity index (χ4n) is 2.84. The topological polar surface area (TPSA) is 103 Å². The van der Waals surface area contributed by atoms with Gasteiger partial charge in [-0.05, 0) is 19.1 Å². The molecule has 4 aromatic rings. The van der Waals surface area contributed by atoms with Crippen molar-refractivity contribution in [2.45, 2.75) is 13.1 Å². The second kappa shape index (κ2) is 8.20. The lowest BCUT2D eigenvalue weighted by Gasteiger charge is -2.14. The summed E-state index contributed by atoms with van der Waals surface area (Å²) >= 11 is 12.3. The van der Waals surface area contributed by atoms with E-state index in [0.717, 1.165) is 11.0 Å².